The summed E-state index contributed by atoms with van der Waals surface area (Å²) in [7, 11) is 1.59. The van der Waals surface area contributed by atoms with Crippen LogP contribution in [0.3, 0.4) is 0 Å². The van der Waals surface area contributed by atoms with Crippen molar-refractivity contribution in [3.63, 3.8) is 0 Å². The second kappa shape index (κ2) is 9.25. The van der Waals surface area contributed by atoms with Gasteiger partial charge < -0.3 is 24.8 Å². The molecule has 1 N–H and O–H groups in total. The molecule has 0 saturated carbocycles. The second-order valence-corrected chi connectivity index (χ2v) is 6.53. The minimum atomic E-state index is -0.118. The van der Waals surface area contributed by atoms with Gasteiger partial charge in [-0.25, -0.2) is 4.79 Å². The van der Waals surface area contributed by atoms with E-state index in [-0.39, 0.29) is 6.03 Å². The van der Waals surface area contributed by atoms with Gasteiger partial charge >= 0.3 is 6.03 Å². The zero-order chi connectivity index (χ0) is 19.9. The Morgan fingerprint density at radius 1 is 1.07 bits per heavy atom. The van der Waals surface area contributed by atoms with Gasteiger partial charge in [0.25, 0.3) is 0 Å². The highest BCUT2D eigenvalue weighted by Gasteiger charge is 2.23. The fourth-order valence-electron chi connectivity index (χ4n) is 3.28. The Balaban J connectivity index is 1.56. The third-order valence-corrected chi connectivity index (χ3v) is 4.96. The number of nitrogens with one attached hydrogen (secondary N) is 1. The Kier molecular flexibility index (Phi) is 6.52. The molecule has 0 unspecified atom stereocenters. The lowest BCUT2D eigenvalue weighted by Crippen LogP contribution is -2.50. The average molecular weight is 384 g/mol. The van der Waals surface area contributed by atoms with Gasteiger partial charge in [-0.15, -0.1) is 10.2 Å². The number of benzene rings is 1. The second-order valence-electron chi connectivity index (χ2n) is 6.53. The molecule has 0 aliphatic carbocycles. The number of nitrogens with zero attached hydrogens (tertiary/aromatic N) is 5. The van der Waals surface area contributed by atoms with Crippen LogP contribution in [0.4, 0.5) is 22.1 Å². The van der Waals surface area contributed by atoms with Crippen LogP contribution in [0.1, 0.15) is 13.8 Å². The maximum atomic E-state index is 12.6. The SMILES string of the molecule is CCN(CC)c1ccc(N2CCN(C(=O)Nc3ccccc3OC)CC2)nn1. The Morgan fingerprint density at radius 2 is 1.79 bits per heavy atom. The highest BCUT2D eigenvalue weighted by atomic mass is 16.5. The van der Waals surface area contributed by atoms with Crippen LogP contribution in [-0.4, -0.2) is 67.5 Å². The number of hydrogen-bond donors (Lipinski definition) is 1. The fourth-order valence-corrected chi connectivity index (χ4v) is 3.28. The first-order valence-corrected chi connectivity index (χ1v) is 9.68. The van der Waals surface area contributed by atoms with Gasteiger partial charge in [0.05, 0.1) is 12.8 Å². The van der Waals surface area contributed by atoms with E-state index in [1.807, 2.05) is 36.4 Å². The zero-order valence-corrected chi connectivity index (χ0v) is 16.8. The molecule has 0 spiro atoms. The third kappa shape index (κ3) is 4.44. The van der Waals surface area contributed by atoms with E-state index in [0.717, 1.165) is 37.8 Å². The number of carbonyl (C=O) groups excluding carboxylic acids is 1. The third-order valence-electron chi connectivity index (χ3n) is 4.96. The molecule has 0 bridgehead atoms. The molecule has 8 nitrogen and oxygen atoms in total. The van der Waals surface area contributed by atoms with Crippen LogP contribution >= 0.6 is 0 Å². The molecule has 150 valence electrons. The van der Waals surface area contributed by atoms with Crippen LogP contribution < -0.4 is 19.9 Å². The number of hydrogen-bond acceptors (Lipinski definition) is 6. The molecule has 1 fully saturated rings. The molecule has 28 heavy (non-hydrogen) atoms. The Bertz CT molecular complexity index is 771. The van der Waals surface area contributed by atoms with E-state index in [1.54, 1.807) is 12.0 Å². The summed E-state index contributed by atoms with van der Waals surface area (Å²) in [6.45, 7) is 8.72. The lowest BCUT2D eigenvalue weighted by molar-refractivity contribution is 0.208. The first kappa shape index (κ1) is 19.7. The topological polar surface area (TPSA) is 73.8 Å². The molecule has 2 heterocycles. The highest BCUT2D eigenvalue weighted by molar-refractivity contribution is 5.91. The van der Waals surface area contributed by atoms with Crippen molar-refractivity contribution < 1.29 is 9.53 Å². The molecule has 1 aliphatic heterocycles. The number of piperazine rings is 1. The molecule has 1 aliphatic rings. The number of carbonyl (C=O) groups is 1. The smallest absolute Gasteiger partial charge is 0.322 e. The van der Waals surface area contributed by atoms with Crippen LogP contribution in [0.2, 0.25) is 0 Å². The Morgan fingerprint density at radius 3 is 2.39 bits per heavy atom. The molecule has 1 saturated heterocycles. The summed E-state index contributed by atoms with van der Waals surface area (Å²) in [6.07, 6.45) is 0. The van der Waals surface area contributed by atoms with Gasteiger partial charge in [-0.1, -0.05) is 12.1 Å². The van der Waals surface area contributed by atoms with Crippen LogP contribution in [0.5, 0.6) is 5.75 Å². The molecule has 0 atom stereocenters. The molecule has 0 radical (unpaired) electrons. The lowest BCUT2D eigenvalue weighted by Gasteiger charge is -2.35. The van der Waals surface area contributed by atoms with Crippen molar-refractivity contribution >= 4 is 23.4 Å². The molecule has 2 aromatic rings. The van der Waals surface area contributed by atoms with Crippen molar-refractivity contribution in [3.8, 4) is 5.75 Å². The average Bonchev–Trinajstić information content (AvgIpc) is 2.75. The van der Waals surface area contributed by atoms with Gasteiger partial charge in [0, 0.05) is 39.3 Å². The summed E-state index contributed by atoms with van der Waals surface area (Å²) in [5.74, 6) is 2.39. The number of para-hydroxylation sites is 2. The maximum Gasteiger partial charge on any atom is 0.322 e. The van der Waals surface area contributed by atoms with Crippen LogP contribution in [0.15, 0.2) is 36.4 Å². The minimum Gasteiger partial charge on any atom is -0.495 e. The van der Waals surface area contributed by atoms with Gasteiger partial charge in [-0.3, -0.25) is 0 Å². The van der Waals surface area contributed by atoms with Gasteiger partial charge in [0.2, 0.25) is 0 Å². The fraction of sp³-hybridized carbons (Fsp3) is 0.450. The van der Waals surface area contributed by atoms with E-state index in [1.165, 1.54) is 0 Å². The zero-order valence-electron chi connectivity index (χ0n) is 16.8. The summed E-state index contributed by atoms with van der Waals surface area (Å²) < 4.78 is 5.29. The molecule has 8 heteroatoms. The normalized spacial score (nSPS) is 14.0. The van der Waals surface area contributed by atoms with E-state index in [0.29, 0.717) is 24.5 Å². The first-order valence-electron chi connectivity index (χ1n) is 9.68. The lowest BCUT2D eigenvalue weighted by atomic mass is 10.3. The number of amides is 2. The van der Waals surface area contributed by atoms with Crippen molar-refractivity contribution in [2.75, 3.05) is 61.5 Å². The molecular weight excluding hydrogens is 356 g/mol. The van der Waals surface area contributed by atoms with Crippen molar-refractivity contribution in [1.29, 1.82) is 0 Å². The van der Waals surface area contributed by atoms with E-state index in [4.69, 9.17) is 4.74 Å². The summed E-state index contributed by atoms with van der Waals surface area (Å²) in [4.78, 5) is 18.7. The summed E-state index contributed by atoms with van der Waals surface area (Å²) >= 11 is 0. The quantitative estimate of drug-likeness (QED) is 0.825. The number of ether oxygens (including phenoxy) is 1. The first-order chi connectivity index (χ1) is 13.7. The predicted molar refractivity (Wildman–Crippen MR) is 111 cm³/mol. The molecular formula is C20H28N6O2. The predicted octanol–water partition coefficient (Wildman–Crippen LogP) is 2.69. The van der Waals surface area contributed by atoms with E-state index in [2.05, 4.69) is 39.2 Å². The largest absolute Gasteiger partial charge is 0.495 e. The molecule has 3 rings (SSSR count). The van der Waals surface area contributed by atoms with Crippen LogP contribution in [-0.2, 0) is 0 Å². The Hall–Kier alpha value is -3.03. The molecule has 2 amide bonds. The number of urea groups is 1. The number of aromatic nitrogens is 2. The van der Waals surface area contributed by atoms with E-state index >= 15 is 0 Å². The Labute approximate surface area is 166 Å². The van der Waals surface area contributed by atoms with Crippen LogP contribution in [0, 0.1) is 0 Å². The van der Waals surface area contributed by atoms with Crippen LogP contribution in [0.25, 0.3) is 0 Å². The van der Waals surface area contributed by atoms with E-state index in [9.17, 15) is 4.79 Å². The number of anilines is 3. The minimum absolute atomic E-state index is 0.118. The van der Waals surface area contributed by atoms with Crippen molar-refractivity contribution in [2.24, 2.45) is 0 Å². The van der Waals surface area contributed by atoms with Gasteiger partial charge in [0.15, 0.2) is 11.6 Å². The van der Waals surface area contributed by atoms with Crippen molar-refractivity contribution in [2.45, 2.75) is 13.8 Å². The maximum absolute atomic E-state index is 12.6. The molecule has 1 aromatic carbocycles. The van der Waals surface area contributed by atoms with E-state index < -0.39 is 0 Å². The standard InChI is InChI=1S/C20H28N6O2/c1-4-24(5-2)18-10-11-19(23-22-18)25-12-14-26(15-13-25)20(27)21-16-8-6-7-9-17(16)28-3/h6-11H,4-5,12-15H2,1-3H3,(H,21,27). The summed E-state index contributed by atoms with van der Waals surface area (Å²) in [5.41, 5.74) is 0.676. The van der Waals surface area contributed by atoms with Crippen molar-refractivity contribution in [3.05, 3.63) is 36.4 Å². The van der Waals surface area contributed by atoms with Gasteiger partial charge in [0.1, 0.15) is 5.75 Å². The van der Waals surface area contributed by atoms with Crippen molar-refractivity contribution in [1.82, 2.24) is 15.1 Å². The summed E-state index contributed by atoms with van der Waals surface area (Å²) in [6, 6.07) is 11.3. The summed E-state index contributed by atoms with van der Waals surface area (Å²) in [5, 5.41) is 11.7. The number of rotatable bonds is 6. The monoisotopic (exact) mass is 384 g/mol. The van der Waals surface area contributed by atoms with Gasteiger partial charge in [-0.05, 0) is 38.1 Å². The number of methoxy groups -OCH3 is 1. The molecule has 1 aromatic heterocycles. The van der Waals surface area contributed by atoms with Gasteiger partial charge in [-0.2, -0.15) is 0 Å². The highest BCUT2D eigenvalue weighted by Crippen LogP contribution is 2.24.